The van der Waals surface area contributed by atoms with Crippen LogP contribution in [0.4, 0.5) is 0 Å². The van der Waals surface area contributed by atoms with Crippen LogP contribution in [0.15, 0.2) is 12.5 Å². The van der Waals surface area contributed by atoms with Crippen LogP contribution in [-0.4, -0.2) is 236 Å². The van der Waals surface area contributed by atoms with Crippen molar-refractivity contribution >= 4 is 65.0 Å². The van der Waals surface area contributed by atoms with Crippen molar-refractivity contribution < 1.29 is 57.8 Å². The molecule has 2 rings (SSSR count). The molecule has 0 spiro atoms. The van der Waals surface area contributed by atoms with Crippen LogP contribution in [0, 0.1) is 41.4 Å². The van der Waals surface area contributed by atoms with Crippen LogP contribution in [0.25, 0.3) is 0 Å². The van der Waals surface area contributed by atoms with E-state index in [2.05, 4.69) is 26.3 Å². The number of aliphatic hydroxyl groups is 1. The van der Waals surface area contributed by atoms with Gasteiger partial charge < -0.3 is 65.2 Å². The third kappa shape index (κ3) is 22.0. The Labute approximate surface area is 543 Å². The normalized spacial score (nSPS) is 26.7. The summed E-state index contributed by atoms with van der Waals surface area (Å²) in [5.41, 5.74) is 0.826. The highest BCUT2D eigenvalue weighted by Crippen LogP contribution is 2.26. The average molecular weight is 1280 g/mol. The molecule has 1 aromatic heterocycles. The van der Waals surface area contributed by atoms with Gasteiger partial charge in [0.2, 0.25) is 65.0 Å². The number of carbonyl (C=O) groups excluding carboxylic acids is 11. The lowest BCUT2D eigenvalue weighted by atomic mass is 9.90. The highest BCUT2D eigenvalue weighted by molar-refractivity contribution is 6.00. The lowest BCUT2D eigenvalue weighted by Crippen LogP contribution is -2.64. The van der Waals surface area contributed by atoms with E-state index in [1.165, 1.54) is 94.6 Å². The third-order valence-electron chi connectivity index (χ3n) is 17.7. The maximum Gasteiger partial charge on any atom is 0.246 e. The number of nitrogens with zero attached hydrogens (tertiary/aromatic N) is 9. The van der Waals surface area contributed by atoms with Crippen molar-refractivity contribution in [1.29, 1.82) is 0 Å². The van der Waals surface area contributed by atoms with E-state index in [0.29, 0.717) is 19.3 Å². The third-order valence-corrected chi connectivity index (χ3v) is 17.7. The topological polar surface area (TPSA) is 297 Å². The molecule has 518 valence electrons. The number of aromatic nitrogens is 2. The van der Waals surface area contributed by atoms with E-state index in [9.17, 15) is 38.7 Å². The molecule has 91 heavy (non-hydrogen) atoms. The van der Waals surface area contributed by atoms with Crippen molar-refractivity contribution in [1.82, 2.24) is 65.1 Å². The van der Waals surface area contributed by atoms with Crippen LogP contribution in [0.5, 0.6) is 0 Å². The summed E-state index contributed by atoms with van der Waals surface area (Å²) in [7, 11) is 11.8. The first-order valence-corrected chi connectivity index (χ1v) is 32.8. The summed E-state index contributed by atoms with van der Waals surface area (Å²) in [5.74, 6) is -9.82. The largest absolute Gasteiger partial charge is 0.390 e. The number of hydrogen-bond donors (Lipinski definition) is 5. The van der Waals surface area contributed by atoms with Crippen molar-refractivity contribution in [3.63, 3.8) is 0 Å². The fourth-order valence-corrected chi connectivity index (χ4v) is 11.8. The summed E-state index contributed by atoms with van der Waals surface area (Å²) in [5, 5.41) is 23.5. The minimum absolute atomic E-state index is 0.00722. The molecule has 2 heterocycles. The van der Waals surface area contributed by atoms with E-state index in [0.717, 1.165) is 15.5 Å². The van der Waals surface area contributed by atoms with Crippen molar-refractivity contribution in [3.8, 4) is 0 Å². The van der Waals surface area contributed by atoms with E-state index < -0.39 is 155 Å². The van der Waals surface area contributed by atoms with Gasteiger partial charge in [-0.1, -0.05) is 96.9 Å². The highest BCUT2D eigenvalue weighted by atomic mass is 16.3. The standard InChI is InChI=1S/C66H117N13O12/c1-26-47-62(87)73(19)45(17)61(86)74(20)49(31-37(4)5)58(83)71-52(40(10)11)65(90)75(21)48(30-36(2)3)57(82)68-43(15)56(81)69-44(16)60(85)76(22)50(32-38(6)7)63(88)77(23)51(33-39(8)9)64(89)78(24)53(41(12)13)66(91)79(25)54(59(84)70-47)55(80)42(14)28-27-29-46-34-72(18)35-67-46/h34-45,47-55,80H,26-33H2,1-25H3,(H,68,82)(H,69,81)(H,70,84)(H,71,83)/t42-,43-,44+,45-,47-,48-,49+,50-,51-,52-,53-,54-,55-/m1/s1. The molecule has 0 aromatic carbocycles. The molecule has 0 unspecified atom stereocenters. The van der Waals surface area contributed by atoms with Crippen molar-refractivity contribution in [2.75, 3.05) is 49.3 Å². The predicted octanol–water partition coefficient (Wildman–Crippen LogP) is 3.45. The zero-order valence-corrected chi connectivity index (χ0v) is 59.7. The number of likely N-dealkylation sites (N-methyl/N-ethyl adjacent to an activating group) is 7. The van der Waals surface area contributed by atoms with Gasteiger partial charge in [0.1, 0.15) is 66.5 Å². The Hall–Kier alpha value is -6.66. The van der Waals surface area contributed by atoms with Crippen LogP contribution in [0.1, 0.15) is 168 Å². The predicted molar refractivity (Wildman–Crippen MR) is 350 cm³/mol. The molecule has 1 fully saturated rings. The second kappa shape index (κ2) is 36.0. The zero-order valence-electron chi connectivity index (χ0n) is 59.7. The van der Waals surface area contributed by atoms with Gasteiger partial charge in [0, 0.05) is 62.6 Å². The number of amides is 11. The van der Waals surface area contributed by atoms with Gasteiger partial charge in [0.15, 0.2) is 0 Å². The minimum Gasteiger partial charge on any atom is -0.390 e. The van der Waals surface area contributed by atoms with Gasteiger partial charge in [-0.15, -0.1) is 0 Å². The first-order valence-electron chi connectivity index (χ1n) is 32.8. The Morgan fingerprint density at radius 3 is 1.33 bits per heavy atom. The fourth-order valence-electron chi connectivity index (χ4n) is 11.8. The molecule has 1 aromatic rings. The summed E-state index contributed by atoms with van der Waals surface area (Å²) in [6, 6.07) is -13.7. The van der Waals surface area contributed by atoms with Crippen LogP contribution in [-0.2, 0) is 66.2 Å². The monoisotopic (exact) mass is 1280 g/mol. The number of carbonyl (C=O) groups is 11. The minimum atomic E-state index is -1.64. The van der Waals surface area contributed by atoms with Crippen molar-refractivity contribution in [3.05, 3.63) is 18.2 Å². The molecule has 13 atom stereocenters. The van der Waals surface area contributed by atoms with E-state index >= 15 is 19.2 Å². The van der Waals surface area contributed by atoms with E-state index in [1.54, 1.807) is 47.9 Å². The molecule has 1 aliphatic heterocycles. The molecule has 25 heteroatoms. The van der Waals surface area contributed by atoms with E-state index in [1.807, 2.05) is 73.2 Å². The first kappa shape index (κ1) is 80.4. The summed E-state index contributed by atoms with van der Waals surface area (Å²) in [6.07, 6.45) is 4.15. The molecule has 0 aliphatic carbocycles. The lowest BCUT2D eigenvalue weighted by Gasteiger charge is -2.41. The Kier molecular flexibility index (Phi) is 31.8. The van der Waals surface area contributed by atoms with Crippen LogP contribution >= 0.6 is 0 Å². The van der Waals surface area contributed by atoms with Crippen LogP contribution in [0.3, 0.4) is 0 Å². The molecule has 5 N–H and O–H groups in total. The smallest absolute Gasteiger partial charge is 0.246 e. The second-order valence-electron chi connectivity index (χ2n) is 28.1. The van der Waals surface area contributed by atoms with Gasteiger partial charge in [-0.2, -0.15) is 0 Å². The Balaban J connectivity index is 3.00. The number of aryl methyl sites for hydroxylation is 2. The quantitative estimate of drug-likeness (QED) is 0.150. The number of rotatable bonds is 17. The summed E-state index contributed by atoms with van der Waals surface area (Å²) >= 11 is 0. The molecule has 0 radical (unpaired) electrons. The summed E-state index contributed by atoms with van der Waals surface area (Å²) in [4.78, 5) is 175. The Morgan fingerprint density at radius 2 is 0.879 bits per heavy atom. The second-order valence-corrected chi connectivity index (χ2v) is 28.1. The summed E-state index contributed by atoms with van der Waals surface area (Å²) < 4.78 is 1.82. The molecule has 1 saturated heterocycles. The molecule has 0 bridgehead atoms. The summed E-state index contributed by atoms with van der Waals surface area (Å²) in [6.45, 7) is 29.7. The van der Waals surface area contributed by atoms with Crippen molar-refractivity contribution in [2.45, 2.75) is 242 Å². The van der Waals surface area contributed by atoms with E-state index in [-0.39, 0.29) is 55.8 Å². The fraction of sp³-hybridized carbons (Fsp3) is 0.788. The molecule has 0 saturated carbocycles. The zero-order chi connectivity index (χ0) is 70.1. The molecule has 25 nitrogen and oxygen atoms in total. The first-order chi connectivity index (χ1) is 42.0. The Bertz CT molecular complexity index is 2640. The van der Waals surface area contributed by atoms with Crippen LogP contribution in [0.2, 0.25) is 0 Å². The van der Waals surface area contributed by atoms with Gasteiger partial charge in [-0.25, -0.2) is 4.98 Å². The van der Waals surface area contributed by atoms with Crippen LogP contribution < -0.4 is 21.3 Å². The highest BCUT2D eigenvalue weighted by Gasteiger charge is 2.46. The number of hydrogen-bond acceptors (Lipinski definition) is 13. The van der Waals surface area contributed by atoms with Gasteiger partial charge in [-0.3, -0.25) is 52.7 Å². The molecular formula is C66H117N13O12. The lowest BCUT2D eigenvalue weighted by molar-refractivity contribution is -0.157. The average Bonchev–Trinajstić information content (AvgIpc) is 1.19. The van der Waals surface area contributed by atoms with Gasteiger partial charge >= 0.3 is 0 Å². The number of aliphatic hydroxyl groups excluding tert-OH is 1. The van der Waals surface area contributed by atoms with Gasteiger partial charge in [0.05, 0.1) is 18.1 Å². The molecule has 1 aliphatic rings. The Morgan fingerprint density at radius 1 is 0.451 bits per heavy atom. The maximum atomic E-state index is 15.4. The van der Waals surface area contributed by atoms with Gasteiger partial charge in [0.25, 0.3) is 0 Å². The van der Waals surface area contributed by atoms with Gasteiger partial charge in [-0.05, 0) is 114 Å². The number of imidazole rings is 1. The maximum absolute atomic E-state index is 15.4. The molecular weight excluding hydrogens is 1170 g/mol. The van der Waals surface area contributed by atoms with Crippen molar-refractivity contribution in [2.24, 2.45) is 48.5 Å². The number of nitrogens with one attached hydrogen (secondary N) is 4. The molecule has 11 amide bonds. The SMILES string of the molecule is CC[C@H]1NC(=O)[C@@H]([C@H](O)[C@H](C)CCCc2cn(C)cn2)N(C)C(=O)[C@@H](C(C)C)N(C)C(=O)[C@@H](CC(C)C)N(C)C(=O)[C@@H](CC(C)C)N(C)C(=O)[C@H](C)NC(=O)[C@@H](C)NC(=O)[C@@H](CC(C)C)N(C)C(=O)[C@@H](C(C)C)NC(=O)[C@H](CC(C)C)N(C)C(=O)[C@@H](C)N(C)C1=O. The van der Waals surface area contributed by atoms with E-state index in [4.69, 9.17) is 0 Å².